The first kappa shape index (κ1) is 17.5. The molecule has 0 atom stereocenters. The molecule has 24 heavy (non-hydrogen) atoms. The quantitative estimate of drug-likeness (QED) is 0.533. The Morgan fingerprint density at radius 3 is 2.83 bits per heavy atom. The number of thioether (sulfide) groups is 1. The number of allylic oxidation sites excluding steroid dienone is 1. The number of anilines is 1. The number of carbonyl (C=O) groups excluding carboxylic acids is 1. The van der Waals surface area contributed by atoms with E-state index in [1.807, 2.05) is 29.8 Å². The van der Waals surface area contributed by atoms with Crippen LogP contribution in [0.2, 0.25) is 5.02 Å². The minimum atomic E-state index is -0.121. The van der Waals surface area contributed by atoms with Crippen LogP contribution in [0.25, 0.3) is 5.57 Å². The number of aromatic nitrogens is 1. The predicted octanol–water partition coefficient (Wildman–Crippen LogP) is 5.73. The molecule has 6 heteroatoms. The standard InChI is InChI=1S/C18H19ClN2OS2/c1-23-16-7-6-13(11-15(16)19)14(10-12-4-2-3-5-12)17(22)21-18-20-8-9-24-18/h6-12H,2-5H2,1H3,(H,20,21,22)/b14-10+. The Morgan fingerprint density at radius 1 is 1.42 bits per heavy atom. The predicted molar refractivity (Wildman–Crippen MR) is 104 cm³/mol. The fraction of sp³-hybridized carbons (Fsp3) is 0.333. The van der Waals surface area contributed by atoms with E-state index in [0.717, 1.165) is 23.3 Å². The maximum Gasteiger partial charge on any atom is 0.257 e. The Labute approximate surface area is 155 Å². The molecule has 1 amide bonds. The van der Waals surface area contributed by atoms with Crippen LogP contribution < -0.4 is 5.32 Å². The van der Waals surface area contributed by atoms with E-state index in [4.69, 9.17) is 11.6 Å². The number of nitrogens with one attached hydrogen (secondary N) is 1. The van der Waals surface area contributed by atoms with Crippen molar-refractivity contribution in [1.29, 1.82) is 0 Å². The molecule has 1 aliphatic carbocycles. The van der Waals surface area contributed by atoms with Crippen LogP contribution in [0.3, 0.4) is 0 Å². The zero-order chi connectivity index (χ0) is 16.9. The number of nitrogens with zero attached hydrogens (tertiary/aromatic N) is 1. The monoisotopic (exact) mass is 378 g/mol. The topological polar surface area (TPSA) is 42.0 Å². The lowest BCUT2D eigenvalue weighted by Gasteiger charge is -2.12. The van der Waals surface area contributed by atoms with Gasteiger partial charge in [-0.3, -0.25) is 10.1 Å². The van der Waals surface area contributed by atoms with E-state index < -0.39 is 0 Å². The highest BCUT2D eigenvalue weighted by molar-refractivity contribution is 7.98. The van der Waals surface area contributed by atoms with E-state index in [-0.39, 0.29) is 5.91 Å². The molecule has 2 aromatic rings. The molecule has 1 N–H and O–H groups in total. The van der Waals surface area contributed by atoms with Crippen LogP contribution in [-0.2, 0) is 4.79 Å². The summed E-state index contributed by atoms with van der Waals surface area (Å²) < 4.78 is 0. The lowest BCUT2D eigenvalue weighted by Crippen LogP contribution is -2.14. The van der Waals surface area contributed by atoms with Crippen molar-refractivity contribution in [2.75, 3.05) is 11.6 Å². The van der Waals surface area contributed by atoms with Gasteiger partial charge in [0, 0.05) is 22.0 Å². The van der Waals surface area contributed by atoms with E-state index >= 15 is 0 Å². The summed E-state index contributed by atoms with van der Waals surface area (Å²) >= 11 is 9.36. The fourth-order valence-corrected chi connectivity index (χ4v) is 4.34. The van der Waals surface area contributed by atoms with Crippen molar-refractivity contribution in [1.82, 2.24) is 4.98 Å². The Kier molecular flexibility index (Phi) is 5.98. The number of carbonyl (C=O) groups is 1. The number of amides is 1. The summed E-state index contributed by atoms with van der Waals surface area (Å²) in [6.07, 6.45) is 10.5. The number of rotatable bonds is 5. The van der Waals surface area contributed by atoms with Crippen molar-refractivity contribution in [3.05, 3.63) is 46.4 Å². The molecule has 0 bridgehead atoms. The van der Waals surface area contributed by atoms with Gasteiger partial charge in [-0.15, -0.1) is 23.1 Å². The van der Waals surface area contributed by atoms with E-state index in [2.05, 4.69) is 16.4 Å². The molecule has 0 radical (unpaired) electrons. The zero-order valence-corrected chi connectivity index (χ0v) is 15.8. The maximum atomic E-state index is 12.8. The molecular formula is C18H19ClN2OS2. The summed E-state index contributed by atoms with van der Waals surface area (Å²) in [7, 11) is 0. The zero-order valence-electron chi connectivity index (χ0n) is 13.4. The summed E-state index contributed by atoms with van der Waals surface area (Å²) in [5.74, 6) is 0.339. The second-order valence-electron chi connectivity index (χ2n) is 5.77. The van der Waals surface area contributed by atoms with Gasteiger partial charge in [-0.05, 0) is 42.7 Å². The highest BCUT2D eigenvalue weighted by Gasteiger charge is 2.19. The summed E-state index contributed by atoms with van der Waals surface area (Å²) in [6.45, 7) is 0. The summed E-state index contributed by atoms with van der Waals surface area (Å²) in [4.78, 5) is 18.0. The van der Waals surface area contributed by atoms with Gasteiger partial charge in [0.1, 0.15) is 0 Å². The Balaban J connectivity index is 1.92. The van der Waals surface area contributed by atoms with E-state index in [0.29, 0.717) is 21.6 Å². The van der Waals surface area contributed by atoms with Gasteiger partial charge in [0.15, 0.2) is 5.13 Å². The number of hydrogen-bond acceptors (Lipinski definition) is 4. The van der Waals surface area contributed by atoms with Crippen molar-refractivity contribution in [2.24, 2.45) is 5.92 Å². The highest BCUT2D eigenvalue weighted by Crippen LogP contribution is 2.33. The normalized spacial score (nSPS) is 15.7. The third-order valence-corrected chi connectivity index (χ3v) is 6.07. The molecule has 1 fully saturated rings. The lowest BCUT2D eigenvalue weighted by molar-refractivity contribution is -0.111. The highest BCUT2D eigenvalue weighted by atomic mass is 35.5. The number of thiazole rings is 1. The van der Waals surface area contributed by atoms with Gasteiger partial charge in [-0.1, -0.05) is 36.6 Å². The van der Waals surface area contributed by atoms with Crippen LogP contribution in [0.4, 0.5) is 5.13 Å². The summed E-state index contributed by atoms with van der Waals surface area (Å²) in [5, 5.41) is 6.04. The first-order valence-corrected chi connectivity index (χ1v) is 10.4. The maximum absolute atomic E-state index is 12.8. The molecule has 3 nitrogen and oxygen atoms in total. The van der Waals surface area contributed by atoms with E-state index in [1.54, 1.807) is 18.0 Å². The number of hydrogen-bond donors (Lipinski definition) is 1. The van der Waals surface area contributed by atoms with Crippen LogP contribution in [0.15, 0.2) is 40.7 Å². The SMILES string of the molecule is CSc1ccc(/C(=C\C2CCCC2)C(=O)Nc2nccs2)cc1Cl. The van der Waals surface area contributed by atoms with Crippen molar-refractivity contribution in [2.45, 2.75) is 30.6 Å². The second-order valence-corrected chi connectivity index (χ2v) is 7.92. The van der Waals surface area contributed by atoms with Crippen molar-refractivity contribution in [3.63, 3.8) is 0 Å². The first-order valence-electron chi connectivity index (χ1n) is 7.94. The van der Waals surface area contributed by atoms with Crippen LogP contribution in [0, 0.1) is 5.92 Å². The van der Waals surface area contributed by atoms with Crippen LogP contribution in [0.1, 0.15) is 31.2 Å². The van der Waals surface area contributed by atoms with Crippen LogP contribution >= 0.6 is 34.7 Å². The van der Waals surface area contributed by atoms with Gasteiger partial charge < -0.3 is 0 Å². The van der Waals surface area contributed by atoms with Gasteiger partial charge in [-0.2, -0.15) is 0 Å². The van der Waals surface area contributed by atoms with Crippen LogP contribution in [0.5, 0.6) is 0 Å². The molecule has 1 aliphatic rings. The number of halogens is 1. The van der Waals surface area contributed by atoms with Gasteiger partial charge in [0.05, 0.1) is 5.02 Å². The Bertz CT molecular complexity index is 737. The van der Waals surface area contributed by atoms with Crippen molar-refractivity contribution in [3.8, 4) is 0 Å². The fourth-order valence-electron chi connectivity index (χ4n) is 2.95. The van der Waals surface area contributed by atoms with Crippen molar-refractivity contribution < 1.29 is 4.79 Å². The average molecular weight is 379 g/mol. The minimum Gasteiger partial charge on any atom is -0.298 e. The second kappa shape index (κ2) is 8.19. The average Bonchev–Trinajstić information content (AvgIpc) is 3.26. The number of benzene rings is 1. The Hall–Kier alpha value is -1.30. The molecule has 0 unspecified atom stereocenters. The summed E-state index contributed by atoms with van der Waals surface area (Å²) in [5.41, 5.74) is 1.55. The Morgan fingerprint density at radius 2 is 2.21 bits per heavy atom. The molecule has 3 rings (SSSR count). The smallest absolute Gasteiger partial charge is 0.257 e. The van der Waals surface area contributed by atoms with Gasteiger partial charge in [-0.25, -0.2) is 4.98 Å². The van der Waals surface area contributed by atoms with Gasteiger partial charge >= 0.3 is 0 Å². The molecule has 126 valence electrons. The minimum absolute atomic E-state index is 0.121. The van der Waals surface area contributed by atoms with Crippen molar-refractivity contribution >= 4 is 51.3 Å². The molecular weight excluding hydrogens is 360 g/mol. The third-order valence-electron chi connectivity index (χ3n) is 4.16. The van der Waals surface area contributed by atoms with Crippen LogP contribution in [-0.4, -0.2) is 17.1 Å². The lowest BCUT2D eigenvalue weighted by atomic mass is 9.98. The van der Waals surface area contributed by atoms with Gasteiger partial charge in [0.2, 0.25) is 0 Å². The first-order chi connectivity index (χ1) is 11.7. The molecule has 1 aromatic heterocycles. The third kappa shape index (κ3) is 4.21. The van der Waals surface area contributed by atoms with E-state index in [9.17, 15) is 4.79 Å². The molecule has 1 heterocycles. The molecule has 1 aromatic carbocycles. The molecule has 1 saturated carbocycles. The largest absolute Gasteiger partial charge is 0.298 e. The van der Waals surface area contributed by atoms with Gasteiger partial charge in [0.25, 0.3) is 5.91 Å². The summed E-state index contributed by atoms with van der Waals surface area (Å²) in [6, 6.07) is 5.83. The van der Waals surface area contributed by atoms with E-state index in [1.165, 1.54) is 24.2 Å². The molecule has 0 saturated heterocycles. The molecule has 0 spiro atoms. The molecule has 0 aliphatic heterocycles.